The van der Waals surface area contributed by atoms with Gasteiger partial charge < -0.3 is 15.8 Å². The van der Waals surface area contributed by atoms with Crippen molar-refractivity contribution in [2.75, 3.05) is 18.2 Å². The Labute approximate surface area is 100 Å². The molecule has 0 fully saturated rings. The van der Waals surface area contributed by atoms with Crippen LogP contribution in [0.3, 0.4) is 0 Å². The molecular weight excluding hydrogens is 214 g/mol. The number of hydrogen-bond acceptors (Lipinski definition) is 4. The van der Waals surface area contributed by atoms with Crippen LogP contribution in [0.4, 0.5) is 11.4 Å². The average molecular weight is 229 g/mol. The third-order valence-electron chi connectivity index (χ3n) is 2.39. The summed E-state index contributed by atoms with van der Waals surface area (Å²) in [5, 5.41) is 3.26. The summed E-state index contributed by atoms with van der Waals surface area (Å²) in [6.07, 6.45) is 3.37. The highest BCUT2D eigenvalue weighted by Crippen LogP contribution is 2.15. The van der Waals surface area contributed by atoms with Crippen molar-refractivity contribution < 1.29 is 4.74 Å². The summed E-state index contributed by atoms with van der Waals surface area (Å²) < 4.78 is 5.17. The van der Waals surface area contributed by atoms with Crippen molar-refractivity contribution in [2.24, 2.45) is 0 Å². The standard InChI is InChI=1S/C13H15N3O/c1-17-13-4-2-3-10(5-13)7-16-12-6-11(14)8-15-9-12/h2-6,8-9,16H,7,14H2,1H3. The van der Waals surface area contributed by atoms with Crippen LogP contribution in [-0.4, -0.2) is 12.1 Å². The lowest BCUT2D eigenvalue weighted by Gasteiger charge is -2.07. The van der Waals surface area contributed by atoms with Gasteiger partial charge in [-0.2, -0.15) is 0 Å². The number of rotatable bonds is 4. The van der Waals surface area contributed by atoms with Crippen LogP contribution in [0.1, 0.15) is 5.56 Å². The number of nitrogens with two attached hydrogens (primary N) is 1. The zero-order chi connectivity index (χ0) is 12.1. The molecule has 0 aliphatic rings. The van der Waals surface area contributed by atoms with E-state index in [4.69, 9.17) is 10.5 Å². The number of ether oxygens (including phenoxy) is 1. The van der Waals surface area contributed by atoms with Gasteiger partial charge in [0.25, 0.3) is 0 Å². The van der Waals surface area contributed by atoms with Gasteiger partial charge in [0.05, 0.1) is 24.7 Å². The van der Waals surface area contributed by atoms with Crippen molar-refractivity contribution >= 4 is 11.4 Å². The van der Waals surface area contributed by atoms with Crippen LogP contribution in [0.2, 0.25) is 0 Å². The number of anilines is 2. The number of hydrogen-bond donors (Lipinski definition) is 2. The van der Waals surface area contributed by atoms with E-state index < -0.39 is 0 Å². The molecule has 3 N–H and O–H groups in total. The molecular formula is C13H15N3O. The summed E-state index contributed by atoms with van der Waals surface area (Å²) >= 11 is 0. The van der Waals surface area contributed by atoms with Crippen molar-refractivity contribution in [3.63, 3.8) is 0 Å². The first-order chi connectivity index (χ1) is 8.28. The van der Waals surface area contributed by atoms with Crippen LogP contribution in [0.15, 0.2) is 42.7 Å². The monoisotopic (exact) mass is 229 g/mol. The van der Waals surface area contributed by atoms with E-state index in [1.165, 1.54) is 0 Å². The number of nitrogens with zero attached hydrogens (tertiary/aromatic N) is 1. The SMILES string of the molecule is COc1cccc(CNc2cncc(N)c2)c1. The summed E-state index contributed by atoms with van der Waals surface area (Å²) in [4.78, 5) is 4.02. The Kier molecular flexibility index (Phi) is 3.45. The van der Waals surface area contributed by atoms with E-state index in [1.54, 1.807) is 19.5 Å². The van der Waals surface area contributed by atoms with Gasteiger partial charge in [-0.25, -0.2) is 0 Å². The predicted octanol–water partition coefficient (Wildman–Crippen LogP) is 2.28. The highest BCUT2D eigenvalue weighted by atomic mass is 16.5. The zero-order valence-corrected chi connectivity index (χ0v) is 9.68. The molecule has 0 atom stereocenters. The molecule has 1 aromatic carbocycles. The molecule has 0 saturated carbocycles. The quantitative estimate of drug-likeness (QED) is 0.844. The van der Waals surface area contributed by atoms with E-state index in [0.29, 0.717) is 12.2 Å². The fourth-order valence-electron chi connectivity index (χ4n) is 1.54. The molecule has 2 rings (SSSR count). The van der Waals surface area contributed by atoms with E-state index >= 15 is 0 Å². The van der Waals surface area contributed by atoms with Gasteiger partial charge in [-0.15, -0.1) is 0 Å². The molecule has 2 aromatic rings. The molecule has 0 bridgehead atoms. The number of nitrogen functional groups attached to an aromatic ring is 1. The van der Waals surface area contributed by atoms with Crippen LogP contribution in [0, 0.1) is 0 Å². The van der Waals surface area contributed by atoms with E-state index in [2.05, 4.69) is 10.3 Å². The van der Waals surface area contributed by atoms with Gasteiger partial charge in [0, 0.05) is 12.7 Å². The number of pyridine rings is 1. The number of aromatic nitrogens is 1. The van der Waals surface area contributed by atoms with Crippen LogP contribution in [-0.2, 0) is 6.54 Å². The minimum absolute atomic E-state index is 0.653. The largest absolute Gasteiger partial charge is 0.497 e. The highest BCUT2D eigenvalue weighted by Gasteiger charge is 1.97. The van der Waals surface area contributed by atoms with Gasteiger partial charge >= 0.3 is 0 Å². The van der Waals surface area contributed by atoms with E-state index in [-0.39, 0.29) is 0 Å². The molecule has 0 amide bonds. The predicted molar refractivity (Wildman–Crippen MR) is 69.0 cm³/mol. The van der Waals surface area contributed by atoms with Gasteiger partial charge in [0.2, 0.25) is 0 Å². The summed E-state index contributed by atoms with van der Waals surface area (Å²) in [6.45, 7) is 0.711. The van der Waals surface area contributed by atoms with Crippen LogP contribution < -0.4 is 15.8 Å². The van der Waals surface area contributed by atoms with Crippen molar-refractivity contribution in [3.05, 3.63) is 48.3 Å². The topological polar surface area (TPSA) is 60.2 Å². The maximum atomic E-state index is 5.65. The summed E-state index contributed by atoms with van der Waals surface area (Å²) in [7, 11) is 1.66. The van der Waals surface area contributed by atoms with Gasteiger partial charge in [-0.05, 0) is 23.8 Å². The Hall–Kier alpha value is -2.23. The molecule has 0 aliphatic heterocycles. The fourth-order valence-corrected chi connectivity index (χ4v) is 1.54. The Morgan fingerprint density at radius 3 is 2.94 bits per heavy atom. The average Bonchev–Trinajstić information content (AvgIpc) is 2.37. The molecule has 0 unspecified atom stereocenters. The normalized spacial score (nSPS) is 9.94. The molecule has 0 saturated heterocycles. The third-order valence-corrected chi connectivity index (χ3v) is 2.39. The second-order valence-electron chi connectivity index (χ2n) is 3.71. The molecule has 1 aromatic heterocycles. The summed E-state index contributed by atoms with van der Waals surface area (Å²) in [5.74, 6) is 0.856. The Balaban J connectivity index is 2.02. The molecule has 88 valence electrons. The Morgan fingerprint density at radius 1 is 1.29 bits per heavy atom. The third kappa shape index (κ3) is 3.11. The second kappa shape index (κ2) is 5.21. The van der Waals surface area contributed by atoms with Crippen LogP contribution in [0.25, 0.3) is 0 Å². The maximum absolute atomic E-state index is 5.65. The zero-order valence-electron chi connectivity index (χ0n) is 9.68. The second-order valence-corrected chi connectivity index (χ2v) is 3.71. The molecule has 4 heteroatoms. The van der Waals surface area contributed by atoms with Crippen molar-refractivity contribution in [1.82, 2.24) is 4.98 Å². The lowest BCUT2D eigenvalue weighted by atomic mass is 10.2. The van der Waals surface area contributed by atoms with E-state index in [9.17, 15) is 0 Å². The van der Waals surface area contributed by atoms with E-state index in [1.807, 2.05) is 30.3 Å². The lowest BCUT2D eigenvalue weighted by molar-refractivity contribution is 0.414. The van der Waals surface area contributed by atoms with Gasteiger partial charge in [-0.3, -0.25) is 4.98 Å². The Bertz CT molecular complexity index is 500. The number of benzene rings is 1. The smallest absolute Gasteiger partial charge is 0.119 e. The first kappa shape index (κ1) is 11.3. The van der Waals surface area contributed by atoms with Crippen molar-refractivity contribution in [2.45, 2.75) is 6.54 Å². The summed E-state index contributed by atoms with van der Waals surface area (Å²) in [6, 6.07) is 9.77. The fraction of sp³-hybridized carbons (Fsp3) is 0.154. The van der Waals surface area contributed by atoms with Gasteiger partial charge in [-0.1, -0.05) is 12.1 Å². The van der Waals surface area contributed by atoms with Crippen LogP contribution >= 0.6 is 0 Å². The lowest BCUT2D eigenvalue weighted by Crippen LogP contribution is -2.00. The summed E-state index contributed by atoms with van der Waals surface area (Å²) in [5.41, 5.74) is 8.36. The minimum Gasteiger partial charge on any atom is -0.497 e. The number of nitrogens with one attached hydrogen (secondary N) is 1. The first-order valence-corrected chi connectivity index (χ1v) is 5.35. The Morgan fingerprint density at radius 2 is 2.18 bits per heavy atom. The van der Waals surface area contributed by atoms with Crippen molar-refractivity contribution in [3.8, 4) is 5.75 Å². The maximum Gasteiger partial charge on any atom is 0.119 e. The molecule has 1 heterocycles. The van der Waals surface area contributed by atoms with Crippen LogP contribution in [0.5, 0.6) is 5.75 Å². The first-order valence-electron chi connectivity index (χ1n) is 5.35. The minimum atomic E-state index is 0.653. The molecule has 0 spiro atoms. The molecule has 17 heavy (non-hydrogen) atoms. The molecule has 0 radical (unpaired) electrons. The van der Waals surface area contributed by atoms with Gasteiger partial charge in [0.15, 0.2) is 0 Å². The molecule has 4 nitrogen and oxygen atoms in total. The number of methoxy groups -OCH3 is 1. The van der Waals surface area contributed by atoms with E-state index in [0.717, 1.165) is 17.0 Å². The molecule has 0 aliphatic carbocycles. The highest BCUT2D eigenvalue weighted by molar-refractivity contribution is 5.51. The van der Waals surface area contributed by atoms with Gasteiger partial charge in [0.1, 0.15) is 5.75 Å². The van der Waals surface area contributed by atoms with Crippen molar-refractivity contribution in [1.29, 1.82) is 0 Å².